The lowest BCUT2D eigenvalue weighted by atomic mass is 10.2. The van der Waals surface area contributed by atoms with Gasteiger partial charge in [0.25, 0.3) is 0 Å². The van der Waals surface area contributed by atoms with Gasteiger partial charge in [0, 0.05) is 12.1 Å². The molecular weight excluding hydrogens is 154 g/mol. The molecule has 4 N–H and O–H groups in total. The van der Waals surface area contributed by atoms with E-state index in [9.17, 15) is 4.79 Å². The van der Waals surface area contributed by atoms with E-state index < -0.39 is 0 Å². The smallest absolute Gasteiger partial charge is 0.237 e. The number of carbonyl (C=O) groups excluding carboxylic acids is 1. The first-order valence-electron chi connectivity index (χ1n) is 4.57. The van der Waals surface area contributed by atoms with E-state index in [1.54, 1.807) is 0 Å². The SMILES string of the molecule is NC1CC1NC(=O)C1CCCN1. The summed E-state index contributed by atoms with van der Waals surface area (Å²) in [6.07, 6.45) is 3.01. The summed E-state index contributed by atoms with van der Waals surface area (Å²) >= 11 is 0. The Morgan fingerprint density at radius 3 is 2.83 bits per heavy atom. The van der Waals surface area contributed by atoms with Crippen LogP contribution in [0.3, 0.4) is 0 Å². The molecule has 12 heavy (non-hydrogen) atoms. The topological polar surface area (TPSA) is 67.1 Å². The summed E-state index contributed by atoms with van der Waals surface area (Å²) in [7, 11) is 0. The molecule has 1 amide bonds. The minimum atomic E-state index is 0.0396. The molecule has 0 aromatic carbocycles. The summed E-state index contributed by atoms with van der Waals surface area (Å²) in [6, 6.07) is 0.494. The van der Waals surface area contributed by atoms with Crippen LogP contribution in [0.15, 0.2) is 0 Å². The van der Waals surface area contributed by atoms with Crippen molar-refractivity contribution in [3.05, 3.63) is 0 Å². The lowest BCUT2D eigenvalue weighted by molar-refractivity contribution is -0.122. The third-order valence-corrected chi connectivity index (χ3v) is 2.54. The molecule has 68 valence electrons. The number of hydrogen-bond donors (Lipinski definition) is 3. The minimum absolute atomic E-state index is 0.0396. The van der Waals surface area contributed by atoms with Gasteiger partial charge in [-0.1, -0.05) is 0 Å². The molecule has 1 aliphatic carbocycles. The van der Waals surface area contributed by atoms with Crippen molar-refractivity contribution in [3.8, 4) is 0 Å². The molecule has 4 heteroatoms. The second kappa shape index (κ2) is 3.03. The Kier molecular flexibility index (Phi) is 2.02. The molecule has 4 nitrogen and oxygen atoms in total. The molecule has 0 spiro atoms. The molecular formula is C8H15N3O. The van der Waals surface area contributed by atoms with Crippen LogP contribution in [-0.2, 0) is 4.79 Å². The van der Waals surface area contributed by atoms with Crippen LogP contribution in [0.5, 0.6) is 0 Å². The van der Waals surface area contributed by atoms with E-state index in [0.717, 1.165) is 25.8 Å². The number of hydrogen-bond acceptors (Lipinski definition) is 3. The van der Waals surface area contributed by atoms with Crippen molar-refractivity contribution in [2.45, 2.75) is 37.4 Å². The summed E-state index contributed by atoms with van der Waals surface area (Å²) in [5.41, 5.74) is 5.58. The summed E-state index contributed by atoms with van der Waals surface area (Å²) < 4.78 is 0. The van der Waals surface area contributed by atoms with E-state index in [4.69, 9.17) is 5.73 Å². The second-order valence-corrected chi connectivity index (χ2v) is 3.66. The lowest BCUT2D eigenvalue weighted by Crippen LogP contribution is -2.42. The van der Waals surface area contributed by atoms with Gasteiger partial charge in [-0.15, -0.1) is 0 Å². The van der Waals surface area contributed by atoms with Crippen molar-refractivity contribution in [1.29, 1.82) is 0 Å². The Morgan fingerprint density at radius 2 is 2.33 bits per heavy atom. The maximum atomic E-state index is 11.4. The number of rotatable bonds is 2. The first kappa shape index (κ1) is 8.01. The van der Waals surface area contributed by atoms with Crippen molar-refractivity contribution in [1.82, 2.24) is 10.6 Å². The fraction of sp³-hybridized carbons (Fsp3) is 0.875. The van der Waals surface area contributed by atoms with Crippen LogP contribution < -0.4 is 16.4 Å². The Bertz CT molecular complexity index is 189. The van der Waals surface area contributed by atoms with Gasteiger partial charge in [-0.25, -0.2) is 0 Å². The Hall–Kier alpha value is -0.610. The Balaban J connectivity index is 1.76. The Morgan fingerprint density at radius 1 is 1.58 bits per heavy atom. The first-order chi connectivity index (χ1) is 5.77. The van der Waals surface area contributed by atoms with E-state index in [1.807, 2.05) is 0 Å². The van der Waals surface area contributed by atoms with E-state index in [-0.39, 0.29) is 24.0 Å². The lowest BCUT2D eigenvalue weighted by Gasteiger charge is -2.09. The van der Waals surface area contributed by atoms with Crippen molar-refractivity contribution >= 4 is 5.91 Å². The largest absolute Gasteiger partial charge is 0.350 e. The molecule has 0 bridgehead atoms. The fourth-order valence-electron chi connectivity index (χ4n) is 1.57. The minimum Gasteiger partial charge on any atom is -0.350 e. The monoisotopic (exact) mass is 169 g/mol. The maximum absolute atomic E-state index is 11.4. The predicted molar refractivity (Wildman–Crippen MR) is 45.5 cm³/mol. The molecule has 2 fully saturated rings. The molecule has 2 rings (SSSR count). The number of nitrogens with two attached hydrogens (primary N) is 1. The van der Waals surface area contributed by atoms with E-state index in [0.29, 0.717) is 0 Å². The summed E-state index contributed by atoms with van der Waals surface area (Å²) in [4.78, 5) is 11.4. The predicted octanol–water partition coefficient (Wildman–Crippen LogP) is -1.05. The van der Waals surface area contributed by atoms with Crippen LogP contribution in [0.4, 0.5) is 0 Å². The van der Waals surface area contributed by atoms with Gasteiger partial charge < -0.3 is 16.4 Å². The van der Waals surface area contributed by atoms with Gasteiger partial charge in [0.05, 0.1) is 6.04 Å². The van der Waals surface area contributed by atoms with Gasteiger partial charge in [-0.3, -0.25) is 4.79 Å². The van der Waals surface area contributed by atoms with Crippen LogP contribution in [0.1, 0.15) is 19.3 Å². The average molecular weight is 169 g/mol. The van der Waals surface area contributed by atoms with Crippen LogP contribution in [0.25, 0.3) is 0 Å². The molecule has 1 heterocycles. The first-order valence-corrected chi connectivity index (χ1v) is 4.57. The van der Waals surface area contributed by atoms with Gasteiger partial charge in [0.15, 0.2) is 0 Å². The summed E-state index contributed by atoms with van der Waals surface area (Å²) in [5, 5.41) is 6.07. The summed E-state index contributed by atoms with van der Waals surface area (Å²) in [5.74, 6) is 0.130. The molecule has 0 aromatic heterocycles. The number of amides is 1. The standard InChI is InChI=1S/C8H15N3O/c9-5-4-7(5)11-8(12)6-2-1-3-10-6/h5-7,10H,1-4,9H2,(H,11,12). The zero-order valence-electron chi connectivity index (χ0n) is 7.05. The third kappa shape index (κ3) is 1.59. The van der Waals surface area contributed by atoms with Crippen LogP contribution >= 0.6 is 0 Å². The molecule has 2 aliphatic rings. The highest BCUT2D eigenvalue weighted by molar-refractivity contribution is 5.82. The summed E-state index contributed by atoms with van der Waals surface area (Å²) in [6.45, 7) is 0.967. The molecule has 1 saturated carbocycles. The maximum Gasteiger partial charge on any atom is 0.237 e. The zero-order chi connectivity index (χ0) is 8.55. The van der Waals surface area contributed by atoms with Crippen LogP contribution in [0.2, 0.25) is 0 Å². The van der Waals surface area contributed by atoms with E-state index in [2.05, 4.69) is 10.6 Å². The molecule has 0 aromatic rings. The molecule has 0 radical (unpaired) electrons. The highest BCUT2D eigenvalue weighted by atomic mass is 16.2. The fourth-order valence-corrected chi connectivity index (χ4v) is 1.57. The molecule has 1 aliphatic heterocycles. The zero-order valence-corrected chi connectivity index (χ0v) is 7.05. The third-order valence-electron chi connectivity index (χ3n) is 2.54. The highest BCUT2D eigenvalue weighted by Gasteiger charge is 2.36. The van der Waals surface area contributed by atoms with E-state index in [1.165, 1.54) is 0 Å². The van der Waals surface area contributed by atoms with Crippen molar-refractivity contribution in [2.75, 3.05) is 6.54 Å². The van der Waals surface area contributed by atoms with Crippen LogP contribution in [-0.4, -0.2) is 30.6 Å². The van der Waals surface area contributed by atoms with Gasteiger partial charge >= 0.3 is 0 Å². The molecule has 1 saturated heterocycles. The van der Waals surface area contributed by atoms with Crippen LogP contribution in [0, 0.1) is 0 Å². The number of carbonyl (C=O) groups is 1. The van der Waals surface area contributed by atoms with Crippen molar-refractivity contribution in [2.24, 2.45) is 5.73 Å². The Labute approximate surface area is 71.9 Å². The number of nitrogens with one attached hydrogen (secondary N) is 2. The van der Waals surface area contributed by atoms with Gasteiger partial charge in [0.1, 0.15) is 0 Å². The van der Waals surface area contributed by atoms with Crippen molar-refractivity contribution in [3.63, 3.8) is 0 Å². The highest BCUT2D eigenvalue weighted by Crippen LogP contribution is 2.18. The second-order valence-electron chi connectivity index (χ2n) is 3.66. The van der Waals surface area contributed by atoms with Gasteiger partial charge in [-0.05, 0) is 25.8 Å². The van der Waals surface area contributed by atoms with E-state index >= 15 is 0 Å². The molecule has 3 atom stereocenters. The van der Waals surface area contributed by atoms with Gasteiger partial charge in [0.2, 0.25) is 5.91 Å². The average Bonchev–Trinajstić information content (AvgIpc) is 2.58. The van der Waals surface area contributed by atoms with Crippen molar-refractivity contribution < 1.29 is 4.79 Å². The normalized spacial score (nSPS) is 39.6. The molecule has 3 unspecified atom stereocenters. The van der Waals surface area contributed by atoms with Gasteiger partial charge in [-0.2, -0.15) is 0 Å². The quantitative estimate of drug-likeness (QED) is 0.494.